The fraction of sp³-hybridized carbons (Fsp3) is 0.125. The van der Waals surface area contributed by atoms with Gasteiger partial charge in [0, 0.05) is 11.6 Å². The maximum atomic E-state index is 10.8. The van der Waals surface area contributed by atoms with E-state index in [0.717, 1.165) is 11.3 Å². The Labute approximate surface area is 79.2 Å². The van der Waals surface area contributed by atoms with Crippen LogP contribution >= 0.6 is 0 Å². The van der Waals surface area contributed by atoms with Gasteiger partial charge in [-0.25, -0.2) is 5.10 Å². The van der Waals surface area contributed by atoms with Gasteiger partial charge in [0.25, 0.3) is 5.56 Å². The Kier molecular flexibility index (Phi) is 1.81. The van der Waals surface area contributed by atoms with Crippen LogP contribution in [0, 0.1) is 6.92 Å². The van der Waals surface area contributed by atoms with Crippen molar-refractivity contribution in [3.8, 4) is 11.4 Å². The van der Waals surface area contributed by atoms with Gasteiger partial charge in [0.1, 0.15) is 11.5 Å². The van der Waals surface area contributed by atoms with Crippen molar-refractivity contribution >= 4 is 5.82 Å². The molecule has 6 nitrogen and oxygen atoms in total. The minimum atomic E-state index is -0.237. The molecule has 6 heteroatoms. The van der Waals surface area contributed by atoms with Gasteiger partial charge in [0.05, 0.1) is 5.69 Å². The van der Waals surface area contributed by atoms with Gasteiger partial charge in [-0.3, -0.25) is 9.89 Å². The van der Waals surface area contributed by atoms with Gasteiger partial charge in [0.2, 0.25) is 0 Å². The second-order valence-corrected chi connectivity index (χ2v) is 2.92. The lowest BCUT2D eigenvalue weighted by Crippen LogP contribution is -2.05. The highest BCUT2D eigenvalue weighted by molar-refractivity contribution is 5.63. The number of nitrogen functional groups attached to an aromatic ring is 1. The molecule has 0 bridgehead atoms. The lowest BCUT2D eigenvalue weighted by molar-refractivity contribution is 0.981. The predicted octanol–water partition coefficient (Wildman–Crippen LogP) is 0.0506. The Morgan fingerprint density at radius 3 is 2.57 bits per heavy atom. The van der Waals surface area contributed by atoms with Crippen LogP contribution in [0.4, 0.5) is 5.82 Å². The second kappa shape index (κ2) is 2.99. The van der Waals surface area contributed by atoms with Gasteiger partial charge in [-0.1, -0.05) is 0 Å². The summed E-state index contributed by atoms with van der Waals surface area (Å²) in [6, 6.07) is 3.01. The van der Waals surface area contributed by atoms with Gasteiger partial charge in [-0.05, 0) is 13.0 Å². The number of nitrogens with one attached hydrogen (secondary N) is 2. The number of anilines is 1. The SMILES string of the molecule is Cc1c(N)n[nH]c1-c1ccc(=O)[nH]n1. The molecule has 0 atom stereocenters. The zero-order chi connectivity index (χ0) is 10.1. The van der Waals surface area contributed by atoms with E-state index in [1.165, 1.54) is 6.07 Å². The van der Waals surface area contributed by atoms with Crippen LogP contribution < -0.4 is 11.3 Å². The Morgan fingerprint density at radius 1 is 1.29 bits per heavy atom. The number of aromatic nitrogens is 4. The average Bonchev–Trinajstić information content (AvgIpc) is 2.50. The minimum Gasteiger partial charge on any atom is -0.382 e. The van der Waals surface area contributed by atoms with E-state index >= 15 is 0 Å². The van der Waals surface area contributed by atoms with Crippen LogP contribution in [-0.2, 0) is 0 Å². The third-order valence-corrected chi connectivity index (χ3v) is 1.98. The normalized spacial score (nSPS) is 10.4. The quantitative estimate of drug-likeness (QED) is 0.592. The first-order chi connectivity index (χ1) is 6.68. The highest BCUT2D eigenvalue weighted by Crippen LogP contribution is 2.20. The maximum Gasteiger partial charge on any atom is 0.264 e. The van der Waals surface area contributed by atoms with Crippen molar-refractivity contribution in [1.82, 2.24) is 20.4 Å². The molecular formula is C8H9N5O. The van der Waals surface area contributed by atoms with Gasteiger partial charge in [-0.2, -0.15) is 10.2 Å². The van der Waals surface area contributed by atoms with Gasteiger partial charge >= 0.3 is 0 Å². The molecule has 0 radical (unpaired) electrons. The molecule has 2 heterocycles. The van der Waals surface area contributed by atoms with Crippen molar-refractivity contribution in [3.05, 3.63) is 28.0 Å². The van der Waals surface area contributed by atoms with E-state index in [-0.39, 0.29) is 5.56 Å². The van der Waals surface area contributed by atoms with Crippen LogP contribution in [0.25, 0.3) is 11.4 Å². The Hall–Kier alpha value is -2.11. The third kappa shape index (κ3) is 1.26. The lowest BCUT2D eigenvalue weighted by Gasteiger charge is -1.96. The minimum absolute atomic E-state index is 0.237. The molecule has 0 saturated carbocycles. The van der Waals surface area contributed by atoms with Crippen LogP contribution in [0.3, 0.4) is 0 Å². The molecule has 2 aromatic heterocycles. The molecule has 4 N–H and O–H groups in total. The van der Waals surface area contributed by atoms with Crippen molar-refractivity contribution in [2.24, 2.45) is 0 Å². The van der Waals surface area contributed by atoms with Crippen molar-refractivity contribution in [2.75, 3.05) is 5.73 Å². The molecular weight excluding hydrogens is 182 g/mol. The molecule has 0 spiro atoms. The third-order valence-electron chi connectivity index (χ3n) is 1.98. The van der Waals surface area contributed by atoms with Gasteiger partial charge < -0.3 is 5.73 Å². The Bertz CT molecular complexity index is 492. The predicted molar refractivity (Wildman–Crippen MR) is 51.6 cm³/mol. The van der Waals surface area contributed by atoms with Crippen LogP contribution in [-0.4, -0.2) is 20.4 Å². The van der Waals surface area contributed by atoms with E-state index in [0.29, 0.717) is 11.5 Å². The molecule has 0 unspecified atom stereocenters. The fourth-order valence-corrected chi connectivity index (χ4v) is 1.14. The molecule has 14 heavy (non-hydrogen) atoms. The van der Waals surface area contributed by atoms with Crippen LogP contribution in [0.15, 0.2) is 16.9 Å². The first-order valence-corrected chi connectivity index (χ1v) is 4.05. The summed E-state index contributed by atoms with van der Waals surface area (Å²) >= 11 is 0. The van der Waals surface area contributed by atoms with Crippen molar-refractivity contribution in [2.45, 2.75) is 6.92 Å². The highest BCUT2D eigenvalue weighted by atomic mass is 16.1. The van der Waals surface area contributed by atoms with Gasteiger partial charge in [-0.15, -0.1) is 0 Å². The number of H-pyrrole nitrogens is 2. The summed E-state index contributed by atoms with van der Waals surface area (Å²) in [6.07, 6.45) is 0. The van der Waals surface area contributed by atoms with E-state index < -0.39 is 0 Å². The van der Waals surface area contributed by atoms with E-state index in [2.05, 4.69) is 20.4 Å². The standard InChI is InChI=1S/C8H9N5O/c1-4-7(12-13-8(4)9)5-2-3-6(14)11-10-5/h2-3H,1H3,(H,11,14)(H3,9,12,13). The largest absolute Gasteiger partial charge is 0.382 e. The van der Waals surface area contributed by atoms with Crippen molar-refractivity contribution in [1.29, 1.82) is 0 Å². The smallest absolute Gasteiger partial charge is 0.264 e. The Balaban J connectivity index is 2.55. The summed E-state index contributed by atoms with van der Waals surface area (Å²) in [7, 11) is 0. The van der Waals surface area contributed by atoms with Crippen LogP contribution in [0.1, 0.15) is 5.56 Å². The van der Waals surface area contributed by atoms with Crippen molar-refractivity contribution < 1.29 is 0 Å². The number of nitrogens with zero attached hydrogens (tertiary/aromatic N) is 2. The highest BCUT2D eigenvalue weighted by Gasteiger charge is 2.08. The molecule has 0 aliphatic heterocycles. The molecule has 0 fully saturated rings. The summed E-state index contributed by atoms with van der Waals surface area (Å²) in [4.78, 5) is 10.8. The number of hydrogen-bond donors (Lipinski definition) is 3. The summed E-state index contributed by atoms with van der Waals surface area (Å²) in [6.45, 7) is 1.83. The lowest BCUT2D eigenvalue weighted by atomic mass is 10.2. The molecule has 2 rings (SSSR count). The second-order valence-electron chi connectivity index (χ2n) is 2.92. The average molecular weight is 191 g/mol. The van der Waals surface area contributed by atoms with Crippen LogP contribution in [0.5, 0.6) is 0 Å². The summed E-state index contributed by atoms with van der Waals surface area (Å²) < 4.78 is 0. The zero-order valence-corrected chi connectivity index (χ0v) is 7.53. The van der Waals surface area contributed by atoms with E-state index in [1.807, 2.05) is 6.92 Å². The molecule has 0 saturated heterocycles. The van der Waals surface area contributed by atoms with Crippen molar-refractivity contribution in [3.63, 3.8) is 0 Å². The molecule has 2 aromatic rings. The first-order valence-electron chi connectivity index (χ1n) is 4.05. The molecule has 0 aromatic carbocycles. The number of aromatic amines is 2. The zero-order valence-electron chi connectivity index (χ0n) is 7.53. The van der Waals surface area contributed by atoms with E-state index in [1.54, 1.807) is 6.07 Å². The molecule has 72 valence electrons. The molecule has 0 amide bonds. The van der Waals surface area contributed by atoms with E-state index in [9.17, 15) is 4.79 Å². The monoisotopic (exact) mass is 191 g/mol. The number of nitrogens with two attached hydrogens (primary N) is 1. The van der Waals surface area contributed by atoms with Crippen LogP contribution in [0.2, 0.25) is 0 Å². The number of hydrogen-bond acceptors (Lipinski definition) is 4. The Morgan fingerprint density at radius 2 is 2.07 bits per heavy atom. The first kappa shape index (κ1) is 8.49. The van der Waals surface area contributed by atoms with E-state index in [4.69, 9.17) is 5.73 Å². The molecule has 0 aliphatic carbocycles. The maximum absolute atomic E-state index is 10.8. The fourth-order valence-electron chi connectivity index (χ4n) is 1.14. The topological polar surface area (TPSA) is 100 Å². The summed E-state index contributed by atoms with van der Waals surface area (Å²) in [5.41, 5.74) is 7.49. The number of rotatable bonds is 1. The molecule has 0 aliphatic rings. The van der Waals surface area contributed by atoms with Gasteiger partial charge in [0.15, 0.2) is 0 Å². The summed E-state index contributed by atoms with van der Waals surface area (Å²) in [5.74, 6) is 0.438. The summed E-state index contributed by atoms with van der Waals surface area (Å²) in [5, 5.41) is 12.8.